The number of hydrogen-bond acceptors (Lipinski definition) is 6. The zero-order chi connectivity index (χ0) is 21.3. The third-order valence-electron chi connectivity index (χ3n) is 4.72. The fourth-order valence-corrected chi connectivity index (χ4v) is 3.66. The zero-order valence-corrected chi connectivity index (χ0v) is 16.9. The first kappa shape index (κ1) is 19.8. The van der Waals surface area contributed by atoms with Crippen LogP contribution in [0.1, 0.15) is 45.3 Å². The molecule has 2 amide bonds. The Balaban J connectivity index is 1.48. The van der Waals surface area contributed by atoms with Crippen LogP contribution in [-0.2, 0) is 9.84 Å². The molecule has 0 bridgehead atoms. The molecule has 0 atom stereocenters. The minimum absolute atomic E-state index is 0.106. The fraction of sp³-hybridized carbons (Fsp3) is 0.200. The van der Waals surface area contributed by atoms with Crippen molar-refractivity contribution in [2.45, 2.75) is 23.7 Å². The number of hydrazine groups is 1. The molecule has 1 saturated carbocycles. The Labute approximate surface area is 173 Å². The maximum absolute atomic E-state index is 12.6. The molecule has 1 aliphatic rings. The Morgan fingerprint density at radius 1 is 0.967 bits per heavy atom. The van der Waals surface area contributed by atoms with Gasteiger partial charge in [0, 0.05) is 17.7 Å². The number of aromatic nitrogens is 3. The van der Waals surface area contributed by atoms with Crippen molar-refractivity contribution in [2.24, 2.45) is 0 Å². The Kier molecular flexibility index (Phi) is 5.08. The number of amides is 2. The summed E-state index contributed by atoms with van der Waals surface area (Å²) < 4.78 is 24.7. The van der Waals surface area contributed by atoms with Gasteiger partial charge < -0.3 is 0 Å². The molecule has 0 saturated heterocycles. The third kappa shape index (κ3) is 4.08. The highest BCUT2D eigenvalue weighted by Crippen LogP contribution is 2.41. The van der Waals surface area contributed by atoms with Gasteiger partial charge in [0.25, 0.3) is 11.8 Å². The summed E-state index contributed by atoms with van der Waals surface area (Å²) in [6, 6.07) is 14.8. The van der Waals surface area contributed by atoms with E-state index in [1.54, 1.807) is 4.68 Å². The van der Waals surface area contributed by atoms with Crippen molar-refractivity contribution in [3.8, 4) is 5.69 Å². The molecule has 2 N–H and O–H groups in total. The summed E-state index contributed by atoms with van der Waals surface area (Å²) in [6.45, 7) is 0. The summed E-state index contributed by atoms with van der Waals surface area (Å²) >= 11 is 0. The molecule has 30 heavy (non-hydrogen) atoms. The molecule has 1 aromatic heterocycles. The molecule has 2 aromatic carbocycles. The molecular formula is C20H19N5O4S. The van der Waals surface area contributed by atoms with E-state index >= 15 is 0 Å². The van der Waals surface area contributed by atoms with Crippen LogP contribution in [0.5, 0.6) is 0 Å². The molecule has 4 rings (SSSR count). The second-order valence-corrected chi connectivity index (χ2v) is 9.07. The van der Waals surface area contributed by atoms with Gasteiger partial charge in [-0.1, -0.05) is 23.4 Å². The lowest BCUT2D eigenvalue weighted by Crippen LogP contribution is -2.42. The molecule has 0 radical (unpaired) electrons. The maximum atomic E-state index is 12.6. The van der Waals surface area contributed by atoms with Crippen molar-refractivity contribution in [1.29, 1.82) is 0 Å². The third-order valence-corrected chi connectivity index (χ3v) is 5.85. The largest absolute Gasteiger partial charge is 0.292 e. The van der Waals surface area contributed by atoms with Crippen molar-refractivity contribution < 1.29 is 18.0 Å². The number of sulfone groups is 1. The van der Waals surface area contributed by atoms with Gasteiger partial charge in [-0.05, 0) is 49.2 Å². The molecule has 10 heteroatoms. The number of para-hydroxylation sites is 1. The maximum Gasteiger partial charge on any atom is 0.292 e. The van der Waals surface area contributed by atoms with Gasteiger partial charge in [-0.3, -0.25) is 20.4 Å². The number of nitrogens with one attached hydrogen (secondary N) is 2. The van der Waals surface area contributed by atoms with Gasteiger partial charge in [-0.25, -0.2) is 13.1 Å². The van der Waals surface area contributed by atoms with Crippen LogP contribution in [0.15, 0.2) is 59.5 Å². The van der Waals surface area contributed by atoms with E-state index in [1.165, 1.54) is 24.3 Å². The first-order chi connectivity index (χ1) is 14.3. The summed E-state index contributed by atoms with van der Waals surface area (Å²) in [4.78, 5) is 25.0. The topological polar surface area (TPSA) is 123 Å². The smallest absolute Gasteiger partial charge is 0.267 e. The predicted octanol–water partition coefficient (Wildman–Crippen LogP) is 1.62. The van der Waals surface area contributed by atoms with Crippen LogP contribution < -0.4 is 10.9 Å². The number of carbonyl (C=O) groups is 2. The van der Waals surface area contributed by atoms with Crippen LogP contribution in [0.3, 0.4) is 0 Å². The van der Waals surface area contributed by atoms with Gasteiger partial charge in [-0.15, -0.1) is 5.10 Å². The van der Waals surface area contributed by atoms with Crippen molar-refractivity contribution in [3.05, 3.63) is 71.5 Å². The van der Waals surface area contributed by atoms with Gasteiger partial charge in [-0.2, -0.15) is 0 Å². The Hall–Kier alpha value is -3.53. The van der Waals surface area contributed by atoms with Crippen LogP contribution in [0.2, 0.25) is 0 Å². The van der Waals surface area contributed by atoms with Crippen LogP contribution in [0.4, 0.5) is 0 Å². The first-order valence-corrected chi connectivity index (χ1v) is 11.2. The fourth-order valence-electron chi connectivity index (χ4n) is 3.03. The van der Waals surface area contributed by atoms with Crippen molar-refractivity contribution in [3.63, 3.8) is 0 Å². The molecule has 1 heterocycles. The molecule has 9 nitrogen and oxygen atoms in total. The highest BCUT2D eigenvalue weighted by Gasteiger charge is 2.34. The summed E-state index contributed by atoms with van der Waals surface area (Å²) in [5.74, 6) is -0.952. The van der Waals surface area contributed by atoms with Crippen LogP contribution in [0, 0.1) is 0 Å². The monoisotopic (exact) mass is 425 g/mol. The number of carbonyl (C=O) groups excluding carboxylic acids is 2. The van der Waals surface area contributed by atoms with Crippen LogP contribution in [-0.4, -0.2) is 41.5 Å². The SMILES string of the molecule is CS(=O)(=O)c1ccc(C(=O)NNC(=O)c2nnn(-c3ccccc3)c2C2CC2)cc1. The normalized spacial score (nSPS) is 13.6. The van der Waals surface area contributed by atoms with E-state index in [2.05, 4.69) is 21.2 Å². The molecule has 1 fully saturated rings. The van der Waals surface area contributed by atoms with Gasteiger partial charge in [0.2, 0.25) is 0 Å². The second-order valence-electron chi connectivity index (χ2n) is 7.05. The quantitative estimate of drug-likeness (QED) is 0.599. The number of nitrogens with zero attached hydrogens (tertiary/aromatic N) is 3. The van der Waals surface area contributed by atoms with Gasteiger partial charge in [0.1, 0.15) is 0 Å². The Morgan fingerprint density at radius 3 is 2.20 bits per heavy atom. The van der Waals surface area contributed by atoms with E-state index in [9.17, 15) is 18.0 Å². The Bertz CT molecular complexity index is 1200. The number of hydrogen-bond donors (Lipinski definition) is 2. The van der Waals surface area contributed by atoms with Gasteiger partial charge in [0.05, 0.1) is 16.3 Å². The molecule has 1 aliphatic carbocycles. The summed E-state index contributed by atoms with van der Waals surface area (Å²) in [6.07, 6.45) is 2.97. The molecule has 3 aromatic rings. The van der Waals surface area contributed by atoms with Crippen molar-refractivity contribution in [2.75, 3.05) is 6.26 Å². The minimum atomic E-state index is -3.35. The second kappa shape index (κ2) is 7.71. The average molecular weight is 425 g/mol. The van der Waals surface area contributed by atoms with E-state index in [0.29, 0.717) is 5.69 Å². The lowest BCUT2D eigenvalue weighted by Gasteiger charge is -2.09. The van der Waals surface area contributed by atoms with Gasteiger partial charge >= 0.3 is 0 Å². The lowest BCUT2D eigenvalue weighted by molar-refractivity contribution is 0.0843. The molecule has 0 aliphatic heterocycles. The Morgan fingerprint density at radius 2 is 1.60 bits per heavy atom. The molecule has 154 valence electrons. The highest BCUT2D eigenvalue weighted by molar-refractivity contribution is 7.90. The van der Waals surface area contributed by atoms with E-state index in [4.69, 9.17) is 0 Å². The van der Waals surface area contributed by atoms with E-state index in [0.717, 1.165) is 24.8 Å². The molecule has 0 spiro atoms. The van der Waals surface area contributed by atoms with Crippen LogP contribution in [0.25, 0.3) is 5.69 Å². The highest BCUT2D eigenvalue weighted by atomic mass is 32.2. The number of benzene rings is 2. The van der Waals surface area contributed by atoms with Gasteiger partial charge in [0.15, 0.2) is 15.5 Å². The average Bonchev–Trinajstić information content (AvgIpc) is 3.49. The summed E-state index contributed by atoms with van der Waals surface area (Å²) in [5, 5.41) is 8.15. The minimum Gasteiger partial charge on any atom is -0.267 e. The van der Waals surface area contributed by atoms with E-state index in [-0.39, 0.29) is 22.1 Å². The zero-order valence-electron chi connectivity index (χ0n) is 16.1. The molecule has 0 unspecified atom stereocenters. The lowest BCUT2D eigenvalue weighted by atomic mass is 10.2. The van der Waals surface area contributed by atoms with Crippen molar-refractivity contribution >= 4 is 21.7 Å². The first-order valence-electron chi connectivity index (χ1n) is 9.26. The van der Waals surface area contributed by atoms with E-state index < -0.39 is 21.7 Å². The number of rotatable bonds is 5. The standard InChI is InChI=1S/C20H19N5O4S/c1-30(28,29)16-11-9-14(10-12-16)19(26)22-23-20(27)17-18(13-7-8-13)25(24-21-17)15-5-3-2-4-6-15/h2-6,9-13H,7-8H2,1H3,(H,22,26)(H,23,27). The van der Waals surface area contributed by atoms with Crippen LogP contribution >= 0.6 is 0 Å². The predicted molar refractivity (Wildman–Crippen MR) is 108 cm³/mol. The summed E-state index contributed by atoms with van der Waals surface area (Å²) in [7, 11) is -3.35. The van der Waals surface area contributed by atoms with Crippen molar-refractivity contribution in [1.82, 2.24) is 25.8 Å². The molecular weight excluding hydrogens is 406 g/mol. The summed E-state index contributed by atoms with van der Waals surface area (Å²) in [5.41, 5.74) is 6.57. The van der Waals surface area contributed by atoms with E-state index in [1.807, 2.05) is 30.3 Å².